The number of H-pyrrole nitrogens is 1. The number of aromatic amines is 1. The number of nitrogens with zero attached hydrogens (tertiary/aromatic N) is 1. The summed E-state index contributed by atoms with van der Waals surface area (Å²) in [5.41, 5.74) is 2.71. The largest absolute Gasteiger partial charge is 0.506 e. The molecule has 0 saturated carbocycles. The number of carboxylic acids is 1. The number of phenolic OH excluding ortho intramolecular Hbond substituents is 1. The fourth-order valence-corrected chi connectivity index (χ4v) is 5.97. The van der Waals surface area contributed by atoms with Gasteiger partial charge in [-0.3, -0.25) is 19.2 Å². The van der Waals surface area contributed by atoms with E-state index in [1.165, 1.54) is 17.0 Å². The number of amides is 2. The predicted octanol–water partition coefficient (Wildman–Crippen LogP) is 3.47. The molecule has 1 aromatic heterocycles. The Morgan fingerprint density at radius 1 is 0.812 bits per heavy atom. The number of aromatic nitrogens is 1. The lowest BCUT2D eigenvalue weighted by molar-refractivity contribution is -0.149. The number of carboxylic acid groups (broad SMARTS) is 1. The highest BCUT2D eigenvalue weighted by molar-refractivity contribution is 5.99. The Hall–Kier alpha value is -5.78. The molecule has 6 N–H and O–H groups in total. The lowest BCUT2D eigenvalue weighted by atomic mass is 9.73. The lowest BCUT2D eigenvalue weighted by Crippen LogP contribution is -2.65. The minimum atomic E-state index is -1.12. The Labute approximate surface area is 275 Å². The van der Waals surface area contributed by atoms with Crippen molar-refractivity contribution in [2.75, 3.05) is 19.6 Å². The number of hydrogen-bond acceptors (Lipinski definition) is 7. The number of aliphatic hydroxyl groups excluding tert-OH is 1. The summed E-state index contributed by atoms with van der Waals surface area (Å²) in [5.74, 6) is -1.61. The lowest BCUT2D eigenvalue weighted by Gasteiger charge is -2.47. The molecule has 1 aliphatic heterocycles. The number of carbonyl (C=O) groups excluding carboxylic acids is 2. The molecule has 1 fully saturated rings. The molecule has 1 unspecified atom stereocenters. The van der Waals surface area contributed by atoms with Gasteiger partial charge in [-0.15, -0.1) is 0 Å². The zero-order chi connectivity index (χ0) is 33.8. The number of aliphatic hydroxyl groups is 1. The van der Waals surface area contributed by atoms with E-state index in [1.807, 2.05) is 30.3 Å². The van der Waals surface area contributed by atoms with Crippen molar-refractivity contribution in [2.24, 2.45) is 0 Å². The predicted molar refractivity (Wildman–Crippen MR) is 179 cm³/mol. The summed E-state index contributed by atoms with van der Waals surface area (Å²) >= 11 is 0. The van der Waals surface area contributed by atoms with E-state index in [1.54, 1.807) is 60.7 Å². The van der Waals surface area contributed by atoms with Gasteiger partial charge in [0.15, 0.2) is 0 Å². The van der Waals surface area contributed by atoms with Crippen LogP contribution in [-0.4, -0.2) is 62.6 Å². The fraction of sp³-hybridized carbons (Fsp3) is 0.189. The number of rotatable bonds is 11. The van der Waals surface area contributed by atoms with Gasteiger partial charge in [0.25, 0.3) is 11.8 Å². The average molecular weight is 647 g/mol. The van der Waals surface area contributed by atoms with Crippen molar-refractivity contribution < 1.29 is 29.7 Å². The molecule has 5 aromatic rings. The Bertz CT molecular complexity index is 2020. The third-order valence-electron chi connectivity index (χ3n) is 8.75. The Morgan fingerprint density at radius 2 is 1.46 bits per heavy atom. The first-order valence-electron chi connectivity index (χ1n) is 15.4. The molecule has 2 amide bonds. The summed E-state index contributed by atoms with van der Waals surface area (Å²) in [6, 6.07) is 28.9. The van der Waals surface area contributed by atoms with Crippen molar-refractivity contribution in [3.63, 3.8) is 0 Å². The van der Waals surface area contributed by atoms with Gasteiger partial charge in [-0.2, -0.15) is 0 Å². The smallest absolute Gasteiger partial charge is 0.317 e. The van der Waals surface area contributed by atoms with Crippen LogP contribution in [0.2, 0.25) is 0 Å². The molecule has 0 spiro atoms. The SMILES string of the molecule is O=C(NCc1ccc(CNCC(O)c2ccc(O)c3[nH]c(=O)ccc23)cc1)c1ccc(C(=O)N2CC(C(=O)O)(c3ccccc3)C2)cc1. The second kappa shape index (κ2) is 13.5. The highest BCUT2D eigenvalue weighted by Gasteiger charge is 2.52. The molecule has 0 radical (unpaired) electrons. The van der Waals surface area contributed by atoms with E-state index >= 15 is 0 Å². The number of aliphatic carboxylic acids is 1. The Kier molecular flexibility index (Phi) is 9.06. The third kappa shape index (κ3) is 6.55. The zero-order valence-corrected chi connectivity index (χ0v) is 25.8. The maximum Gasteiger partial charge on any atom is 0.317 e. The van der Waals surface area contributed by atoms with Crippen LogP contribution in [0.4, 0.5) is 0 Å². The highest BCUT2D eigenvalue weighted by Crippen LogP contribution is 2.36. The molecule has 0 bridgehead atoms. The van der Waals surface area contributed by atoms with Gasteiger partial charge >= 0.3 is 5.97 Å². The van der Waals surface area contributed by atoms with E-state index in [4.69, 9.17) is 0 Å². The van der Waals surface area contributed by atoms with E-state index in [2.05, 4.69) is 15.6 Å². The van der Waals surface area contributed by atoms with Crippen LogP contribution in [0.5, 0.6) is 5.75 Å². The maximum atomic E-state index is 13.0. The van der Waals surface area contributed by atoms with Crippen LogP contribution in [0.15, 0.2) is 108 Å². The van der Waals surface area contributed by atoms with Crippen LogP contribution < -0.4 is 16.2 Å². The van der Waals surface area contributed by atoms with E-state index in [0.29, 0.717) is 40.7 Å². The highest BCUT2D eigenvalue weighted by atomic mass is 16.4. The minimum absolute atomic E-state index is 0.0639. The number of phenols is 1. The van der Waals surface area contributed by atoms with Crippen molar-refractivity contribution in [2.45, 2.75) is 24.6 Å². The van der Waals surface area contributed by atoms with Crippen molar-refractivity contribution in [3.8, 4) is 5.75 Å². The molecular weight excluding hydrogens is 612 g/mol. The van der Waals surface area contributed by atoms with Gasteiger partial charge in [-0.05, 0) is 58.7 Å². The van der Waals surface area contributed by atoms with E-state index < -0.39 is 17.5 Å². The quantitative estimate of drug-likeness (QED) is 0.127. The van der Waals surface area contributed by atoms with E-state index in [-0.39, 0.29) is 48.3 Å². The van der Waals surface area contributed by atoms with Crippen molar-refractivity contribution in [3.05, 3.63) is 147 Å². The van der Waals surface area contributed by atoms with Gasteiger partial charge in [0.05, 0.1) is 11.6 Å². The van der Waals surface area contributed by atoms with Crippen LogP contribution in [0, 0.1) is 0 Å². The Morgan fingerprint density at radius 3 is 2.12 bits per heavy atom. The average Bonchev–Trinajstić information content (AvgIpc) is 3.08. The van der Waals surface area contributed by atoms with Crippen LogP contribution in [0.3, 0.4) is 0 Å². The second-order valence-electron chi connectivity index (χ2n) is 11.9. The minimum Gasteiger partial charge on any atom is -0.506 e. The standard InChI is InChI=1S/C37H34N4O7/c42-30-16-14-28(29-15-17-32(44)40-33(29)30)31(43)20-38-18-23-6-8-24(9-7-23)19-39-34(45)25-10-12-26(13-11-25)35(46)41-21-37(22-41,36(47)48)27-4-2-1-3-5-27/h1-17,31,38,42-43H,18-22H2,(H,39,45)(H,40,44)(H,47,48). The third-order valence-corrected chi connectivity index (χ3v) is 8.75. The number of aromatic hydroxyl groups is 1. The number of fused-ring (bicyclic) bond motifs is 1. The summed E-state index contributed by atoms with van der Waals surface area (Å²) in [6.07, 6.45) is -0.868. The summed E-state index contributed by atoms with van der Waals surface area (Å²) in [6.45, 7) is 1.18. The van der Waals surface area contributed by atoms with E-state index in [9.17, 15) is 34.5 Å². The molecule has 11 heteroatoms. The van der Waals surface area contributed by atoms with Gasteiger partial charge in [0.2, 0.25) is 5.56 Å². The summed E-state index contributed by atoms with van der Waals surface area (Å²) < 4.78 is 0. The van der Waals surface area contributed by atoms with Gasteiger partial charge in [-0.25, -0.2) is 0 Å². The van der Waals surface area contributed by atoms with Gasteiger partial charge in [-0.1, -0.05) is 60.7 Å². The Balaban J connectivity index is 0.969. The number of pyridine rings is 1. The first-order valence-corrected chi connectivity index (χ1v) is 15.4. The molecule has 2 heterocycles. The van der Waals surface area contributed by atoms with Gasteiger partial charge in [0, 0.05) is 55.3 Å². The van der Waals surface area contributed by atoms with Crippen molar-refractivity contribution in [1.82, 2.24) is 20.5 Å². The number of likely N-dealkylation sites (tertiary alicyclic amines) is 1. The molecule has 11 nitrogen and oxygen atoms in total. The molecule has 4 aromatic carbocycles. The normalized spacial score (nSPS) is 14.2. The fourth-order valence-electron chi connectivity index (χ4n) is 5.97. The van der Waals surface area contributed by atoms with Gasteiger partial charge in [0.1, 0.15) is 11.2 Å². The number of benzene rings is 4. The summed E-state index contributed by atoms with van der Waals surface area (Å²) in [4.78, 5) is 53.6. The monoisotopic (exact) mass is 646 g/mol. The molecule has 244 valence electrons. The van der Waals surface area contributed by atoms with Crippen LogP contribution in [0.1, 0.15) is 49.1 Å². The molecule has 48 heavy (non-hydrogen) atoms. The van der Waals surface area contributed by atoms with Gasteiger partial charge < -0.3 is 35.8 Å². The summed E-state index contributed by atoms with van der Waals surface area (Å²) in [5, 5.41) is 37.4. The summed E-state index contributed by atoms with van der Waals surface area (Å²) in [7, 11) is 0. The molecule has 6 rings (SSSR count). The molecule has 1 aliphatic rings. The van der Waals surface area contributed by atoms with Crippen LogP contribution in [0.25, 0.3) is 10.9 Å². The molecular formula is C37H34N4O7. The molecule has 0 aliphatic carbocycles. The number of carbonyl (C=O) groups is 3. The van der Waals surface area contributed by atoms with Crippen LogP contribution >= 0.6 is 0 Å². The first kappa shape index (κ1) is 32.2. The molecule has 1 saturated heterocycles. The second-order valence-corrected chi connectivity index (χ2v) is 11.9. The van der Waals surface area contributed by atoms with Crippen LogP contribution in [-0.2, 0) is 23.3 Å². The number of nitrogens with one attached hydrogen (secondary N) is 3. The topological polar surface area (TPSA) is 172 Å². The number of hydrogen-bond donors (Lipinski definition) is 6. The first-order chi connectivity index (χ1) is 23.1. The maximum absolute atomic E-state index is 13.0. The van der Waals surface area contributed by atoms with Crippen molar-refractivity contribution >= 4 is 28.7 Å². The zero-order valence-electron chi connectivity index (χ0n) is 25.8. The van der Waals surface area contributed by atoms with E-state index in [0.717, 1.165) is 11.1 Å². The molecule has 1 atom stereocenters. The van der Waals surface area contributed by atoms with Crippen molar-refractivity contribution in [1.29, 1.82) is 0 Å².